The first-order valence-electron chi connectivity index (χ1n) is 4.33. The van der Waals surface area contributed by atoms with Gasteiger partial charge in [0.2, 0.25) is 5.60 Å². The Morgan fingerprint density at radius 2 is 1.53 bits per heavy atom. The Balaban J connectivity index is 3.17. The van der Waals surface area contributed by atoms with Gasteiger partial charge in [-0.3, -0.25) is 10.1 Å². The highest BCUT2D eigenvalue weighted by Gasteiger charge is 2.48. The standard InChI is InChI=1S/C9H7F4NO3/c10-7(11)9(15,8(12)13)5-1-3-6(4-2-5)14(16)17/h1-4,7-8,15H. The fraction of sp³-hybridized carbons (Fsp3) is 0.333. The van der Waals surface area contributed by atoms with Crippen LogP contribution in [-0.2, 0) is 5.60 Å². The lowest BCUT2D eigenvalue weighted by molar-refractivity contribution is -0.384. The maximum atomic E-state index is 12.4. The molecule has 0 saturated heterocycles. The van der Waals surface area contributed by atoms with Crippen LogP contribution < -0.4 is 0 Å². The summed E-state index contributed by atoms with van der Waals surface area (Å²) in [5.74, 6) is 0. The van der Waals surface area contributed by atoms with Gasteiger partial charge in [0.05, 0.1) is 4.92 Å². The molecular formula is C9H7F4NO3. The Morgan fingerprint density at radius 1 is 1.12 bits per heavy atom. The number of nitro groups is 1. The summed E-state index contributed by atoms with van der Waals surface area (Å²) < 4.78 is 49.7. The molecule has 0 unspecified atom stereocenters. The van der Waals surface area contributed by atoms with Gasteiger partial charge in [-0.1, -0.05) is 0 Å². The van der Waals surface area contributed by atoms with Crippen LogP contribution in [0.15, 0.2) is 24.3 Å². The van der Waals surface area contributed by atoms with E-state index >= 15 is 0 Å². The van der Waals surface area contributed by atoms with E-state index in [2.05, 4.69) is 0 Å². The maximum Gasteiger partial charge on any atom is 0.276 e. The Kier molecular flexibility index (Phi) is 3.66. The zero-order valence-corrected chi connectivity index (χ0v) is 8.19. The van der Waals surface area contributed by atoms with Gasteiger partial charge in [0.1, 0.15) is 0 Å². The van der Waals surface area contributed by atoms with Crippen LogP contribution in [0.1, 0.15) is 5.56 Å². The van der Waals surface area contributed by atoms with Crippen LogP contribution in [0.4, 0.5) is 23.2 Å². The molecule has 4 nitrogen and oxygen atoms in total. The first-order chi connectivity index (χ1) is 7.80. The van der Waals surface area contributed by atoms with Crippen LogP contribution in [0, 0.1) is 10.1 Å². The SMILES string of the molecule is O=[N+]([O-])c1ccc(C(O)(C(F)F)C(F)F)cc1. The van der Waals surface area contributed by atoms with Crippen molar-refractivity contribution in [2.24, 2.45) is 0 Å². The van der Waals surface area contributed by atoms with E-state index in [1.165, 1.54) is 0 Å². The number of nitrogens with zero attached hydrogens (tertiary/aromatic N) is 1. The zero-order valence-electron chi connectivity index (χ0n) is 8.19. The molecule has 0 aliphatic rings. The second kappa shape index (κ2) is 4.66. The van der Waals surface area contributed by atoms with E-state index in [1.54, 1.807) is 0 Å². The quantitative estimate of drug-likeness (QED) is 0.508. The van der Waals surface area contributed by atoms with Gasteiger partial charge in [-0.25, -0.2) is 17.6 Å². The van der Waals surface area contributed by atoms with Crippen LogP contribution in [0.25, 0.3) is 0 Å². The Labute approximate surface area is 92.6 Å². The molecule has 1 N–H and O–H groups in total. The van der Waals surface area contributed by atoms with Crippen molar-refractivity contribution >= 4 is 5.69 Å². The molecule has 0 amide bonds. The van der Waals surface area contributed by atoms with Gasteiger partial charge in [-0.15, -0.1) is 0 Å². The molecule has 17 heavy (non-hydrogen) atoms. The third-order valence-corrected chi connectivity index (χ3v) is 2.21. The molecule has 94 valence electrons. The smallest absolute Gasteiger partial charge is 0.276 e. The maximum absolute atomic E-state index is 12.4. The minimum absolute atomic E-state index is 0.445. The van der Waals surface area contributed by atoms with E-state index < -0.39 is 34.6 Å². The summed E-state index contributed by atoms with van der Waals surface area (Å²) in [6.07, 6.45) is -7.41. The van der Waals surface area contributed by atoms with Crippen molar-refractivity contribution in [3.8, 4) is 0 Å². The van der Waals surface area contributed by atoms with Crippen LogP contribution in [0.5, 0.6) is 0 Å². The molecule has 1 rings (SSSR count). The fourth-order valence-corrected chi connectivity index (χ4v) is 1.20. The molecule has 0 saturated carbocycles. The van der Waals surface area contributed by atoms with Gasteiger partial charge in [0, 0.05) is 12.1 Å². The van der Waals surface area contributed by atoms with E-state index in [-0.39, 0.29) is 0 Å². The van der Waals surface area contributed by atoms with Crippen molar-refractivity contribution in [3.63, 3.8) is 0 Å². The van der Waals surface area contributed by atoms with E-state index in [0.717, 1.165) is 12.1 Å². The molecule has 0 aliphatic heterocycles. The number of halogens is 4. The normalized spacial score (nSPS) is 12.2. The Bertz CT molecular complexity index is 399. The van der Waals surface area contributed by atoms with Gasteiger partial charge in [-0.2, -0.15) is 0 Å². The lowest BCUT2D eigenvalue weighted by Crippen LogP contribution is -2.41. The van der Waals surface area contributed by atoms with Crippen LogP contribution in [0.3, 0.4) is 0 Å². The lowest BCUT2D eigenvalue weighted by Gasteiger charge is -2.26. The summed E-state index contributed by atoms with van der Waals surface area (Å²) in [6.45, 7) is 0. The average Bonchev–Trinajstić information content (AvgIpc) is 2.27. The number of hydrogen-bond acceptors (Lipinski definition) is 3. The molecule has 0 radical (unpaired) electrons. The monoisotopic (exact) mass is 253 g/mol. The van der Waals surface area contributed by atoms with Gasteiger partial charge >= 0.3 is 0 Å². The molecule has 1 aromatic carbocycles. The molecular weight excluding hydrogens is 246 g/mol. The van der Waals surface area contributed by atoms with Gasteiger partial charge < -0.3 is 5.11 Å². The van der Waals surface area contributed by atoms with Crippen molar-refractivity contribution in [3.05, 3.63) is 39.9 Å². The molecule has 0 aliphatic carbocycles. The molecule has 0 fully saturated rings. The Hall–Kier alpha value is -1.70. The van der Waals surface area contributed by atoms with Crippen molar-refractivity contribution in [2.75, 3.05) is 0 Å². The summed E-state index contributed by atoms with van der Waals surface area (Å²) in [7, 11) is 0. The second-order valence-corrected chi connectivity index (χ2v) is 3.23. The molecule has 0 bridgehead atoms. The summed E-state index contributed by atoms with van der Waals surface area (Å²) in [5.41, 5.74) is -4.83. The van der Waals surface area contributed by atoms with E-state index in [0.29, 0.717) is 12.1 Å². The highest BCUT2D eigenvalue weighted by atomic mass is 19.3. The number of benzene rings is 1. The fourth-order valence-electron chi connectivity index (χ4n) is 1.20. The first-order valence-corrected chi connectivity index (χ1v) is 4.33. The predicted octanol–water partition coefficient (Wildman–Crippen LogP) is 2.31. The molecule has 0 heterocycles. The predicted molar refractivity (Wildman–Crippen MR) is 49.0 cm³/mol. The lowest BCUT2D eigenvalue weighted by atomic mass is 9.94. The average molecular weight is 253 g/mol. The number of hydrogen-bond donors (Lipinski definition) is 1. The van der Waals surface area contributed by atoms with Crippen LogP contribution in [0.2, 0.25) is 0 Å². The number of rotatable bonds is 4. The summed E-state index contributed by atoms with van der Waals surface area (Å²) in [6, 6.07) is 2.89. The van der Waals surface area contributed by atoms with E-state index in [4.69, 9.17) is 0 Å². The van der Waals surface area contributed by atoms with Crippen molar-refractivity contribution in [1.82, 2.24) is 0 Å². The number of aliphatic hydroxyl groups is 1. The Morgan fingerprint density at radius 3 is 1.82 bits per heavy atom. The van der Waals surface area contributed by atoms with Crippen molar-refractivity contribution in [1.29, 1.82) is 0 Å². The third kappa shape index (κ3) is 2.36. The number of nitro benzene ring substituents is 1. The number of non-ortho nitro benzene ring substituents is 1. The van der Waals surface area contributed by atoms with E-state index in [1.807, 2.05) is 0 Å². The molecule has 0 atom stereocenters. The highest BCUT2D eigenvalue weighted by Crippen LogP contribution is 2.35. The van der Waals surface area contributed by atoms with Crippen LogP contribution >= 0.6 is 0 Å². The molecule has 0 spiro atoms. The van der Waals surface area contributed by atoms with Gasteiger partial charge in [-0.05, 0) is 17.7 Å². The molecule has 0 aromatic heterocycles. The second-order valence-electron chi connectivity index (χ2n) is 3.23. The minimum Gasteiger partial charge on any atom is -0.374 e. The minimum atomic E-state index is -3.70. The van der Waals surface area contributed by atoms with Gasteiger partial charge in [0.25, 0.3) is 18.5 Å². The largest absolute Gasteiger partial charge is 0.374 e. The van der Waals surface area contributed by atoms with Crippen molar-refractivity contribution < 1.29 is 27.6 Å². The topological polar surface area (TPSA) is 63.4 Å². The zero-order chi connectivity index (χ0) is 13.2. The first kappa shape index (κ1) is 13.4. The highest BCUT2D eigenvalue weighted by molar-refractivity contribution is 5.36. The van der Waals surface area contributed by atoms with Gasteiger partial charge in [0.15, 0.2) is 0 Å². The number of alkyl halides is 4. The summed E-state index contributed by atoms with van der Waals surface area (Å²) in [5, 5.41) is 19.5. The van der Waals surface area contributed by atoms with E-state index in [9.17, 15) is 32.8 Å². The third-order valence-electron chi connectivity index (χ3n) is 2.21. The summed E-state index contributed by atoms with van der Waals surface area (Å²) in [4.78, 5) is 9.46. The summed E-state index contributed by atoms with van der Waals surface area (Å²) >= 11 is 0. The van der Waals surface area contributed by atoms with Crippen LogP contribution in [-0.4, -0.2) is 22.9 Å². The molecule has 1 aromatic rings. The van der Waals surface area contributed by atoms with Crippen molar-refractivity contribution in [2.45, 2.75) is 18.5 Å². The molecule has 8 heteroatoms.